The standard InChI is InChI=1S/C16H18ClN5O3/c17-13-6-3-11(7-14(13)22(24)25)21-16-8-15(18-9-19-16)20-10-1-4-12(23)5-2-10/h3,6-10,12,23H,1-2,4-5H2,(H2,18,19,20,21)/t10-,12-. The number of nitro groups is 1. The Morgan fingerprint density at radius 2 is 1.88 bits per heavy atom. The first-order chi connectivity index (χ1) is 12.0. The minimum Gasteiger partial charge on any atom is -0.393 e. The first-order valence-corrected chi connectivity index (χ1v) is 8.36. The third-order valence-electron chi connectivity index (χ3n) is 4.13. The van der Waals surface area contributed by atoms with Crippen LogP contribution in [0.5, 0.6) is 0 Å². The minimum absolute atomic E-state index is 0.0834. The van der Waals surface area contributed by atoms with Crippen molar-refractivity contribution >= 4 is 34.6 Å². The van der Waals surface area contributed by atoms with E-state index in [9.17, 15) is 15.2 Å². The van der Waals surface area contributed by atoms with Crippen LogP contribution in [0.4, 0.5) is 23.0 Å². The summed E-state index contributed by atoms with van der Waals surface area (Å²) in [5.74, 6) is 1.19. The van der Waals surface area contributed by atoms with Gasteiger partial charge >= 0.3 is 0 Å². The fourth-order valence-electron chi connectivity index (χ4n) is 2.81. The van der Waals surface area contributed by atoms with Gasteiger partial charge in [-0.05, 0) is 37.8 Å². The molecule has 0 amide bonds. The predicted octanol–water partition coefficient (Wildman–Crippen LogP) is 3.50. The molecule has 9 heteroatoms. The highest BCUT2D eigenvalue weighted by Gasteiger charge is 2.19. The number of aliphatic hydroxyl groups is 1. The first kappa shape index (κ1) is 17.4. The van der Waals surface area contributed by atoms with Crippen LogP contribution in [-0.2, 0) is 0 Å². The second kappa shape index (κ2) is 7.62. The van der Waals surface area contributed by atoms with Crippen LogP contribution < -0.4 is 10.6 Å². The summed E-state index contributed by atoms with van der Waals surface area (Å²) in [6.07, 6.45) is 4.55. The minimum atomic E-state index is -0.530. The second-order valence-electron chi connectivity index (χ2n) is 5.99. The number of rotatable bonds is 5. The maximum Gasteiger partial charge on any atom is 0.289 e. The van der Waals surface area contributed by atoms with Crippen LogP contribution in [0.1, 0.15) is 25.7 Å². The third-order valence-corrected chi connectivity index (χ3v) is 4.45. The summed E-state index contributed by atoms with van der Waals surface area (Å²) in [5.41, 5.74) is 0.348. The second-order valence-corrected chi connectivity index (χ2v) is 6.39. The number of hydrogen-bond donors (Lipinski definition) is 3. The molecule has 132 valence electrons. The molecule has 1 aromatic heterocycles. The van der Waals surface area contributed by atoms with E-state index in [4.69, 9.17) is 11.6 Å². The van der Waals surface area contributed by atoms with Crippen molar-refractivity contribution < 1.29 is 10.0 Å². The molecule has 3 rings (SSSR count). The van der Waals surface area contributed by atoms with Gasteiger partial charge in [0, 0.05) is 23.9 Å². The molecule has 0 atom stereocenters. The van der Waals surface area contributed by atoms with Crippen LogP contribution >= 0.6 is 11.6 Å². The van der Waals surface area contributed by atoms with Gasteiger partial charge in [0.25, 0.3) is 5.69 Å². The summed E-state index contributed by atoms with van der Waals surface area (Å²) in [4.78, 5) is 18.8. The van der Waals surface area contributed by atoms with Crippen LogP contribution in [0.25, 0.3) is 0 Å². The first-order valence-electron chi connectivity index (χ1n) is 7.99. The highest BCUT2D eigenvalue weighted by molar-refractivity contribution is 6.32. The molecule has 0 saturated heterocycles. The van der Waals surface area contributed by atoms with E-state index in [0.717, 1.165) is 25.7 Å². The molecule has 0 aliphatic heterocycles. The molecule has 25 heavy (non-hydrogen) atoms. The van der Waals surface area contributed by atoms with Crippen LogP contribution in [0, 0.1) is 10.1 Å². The maximum absolute atomic E-state index is 11.0. The number of halogens is 1. The molecule has 0 bridgehead atoms. The molecule has 2 aromatic rings. The summed E-state index contributed by atoms with van der Waals surface area (Å²) < 4.78 is 0. The number of aliphatic hydroxyl groups excluding tert-OH is 1. The van der Waals surface area contributed by atoms with Crippen LogP contribution in [-0.4, -0.2) is 32.1 Å². The van der Waals surface area contributed by atoms with Crippen LogP contribution in [0.3, 0.4) is 0 Å². The number of benzene rings is 1. The lowest BCUT2D eigenvalue weighted by Crippen LogP contribution is -2.28. The smallest absolute Gasteiger partial charge is 0.289 e. The van der Waals surface area contributed by atoms with Gasteiger partial charge in [-0.1, -0.05) is 11.6 Å². The quantitative estimate of drug-likeness (QED) is 0.550. The normalized spacial score (nSPS) is 20.1. The molecular formula is C16H18ClN5O3. The monoisotopic (exact) mass is 363 g/mol. The Morgan fingerprint density at radius 3 is 2.60 bits per heavy atom. The fourth-order valence-corrected chi connectivity index (χ4v) is 3.00. The molecule has 1 aliphatic rings. The van der Waals surface area contributed by atoms with Crippen molar-refractivity contribution in [3.05, 3.63) is 45.7 Å². The number of nitrogens with one attached hydrogen (secondary N) is 2. The van der Waals surface area contributed by atoms with Gasteiger partial charge in [0.2, 0.25) is 0 Å². The fraction of sp³-hybridized carbons (Fsp3) is 0.375. The Kier molecular flexibility index (Phi) is 5.30. The maximum atomic E-state index is 11.0. The zero-order valence-corrected chi connectivity index (χ0v) is 14.1. The molecule has 1 saturated carbocycles. The van der Waals surface area contributed by atoms with Crippen molar-refractivity contribution in [3.63, 3.8) is 0 Å². The van der Waals surface area contributed by atoms with Crippen molar-refractivity contribution in [1.82, 2.24) is 9.97 Å². The zero-order chi connectivity index (χ0) is 17.8. The van der Waals surface area contributed by atoms with E-state index in [1.165, 1.54) is 18.5 Å². The molecule has 3 N–H and O–H groups in total. The number of nitro benzene ring substituents is 1. The molecular weight excluding hydrogens is 346 g/mol. The average Bonchev–Trinajstić information content (AvgIpc) is 2.59. The van der Waals surface area contributed by atoms with E-state index >= 15 is 0 Å². The Hall–Kier alpha value is -2.45. The SMILES string of the molecule is O=[N+]([O-])c1cc(Nc2cc(N[C@H]3CC[C@H](O)CC3)ncn2)ccc1Cl. The Labute approximate surface area is 149 Å². The van der Waals surface area contributed by atoms with Gasteiger partial charge in [-0.15, -0.1) is 0 Å². The predicted molar refractivity (Wildman–Crippen MR) is 95.3 cm³/mol. The molecule has 0 spiro atoms. The van der Waals surface area contributed by atoms with Gasteiger partial charge in [-0.2, -0.15) is 0 Å². The van der Waals surface area contributed by atoms with Gasteiger partial charge in [-0.25, -0.2) is 9.97 Å². The van der Waals surface area contributed by atoms with E-state index < -0.39 is 4.92 Å². The highest BCUT2D eigenvalue weighted by Crippen LogP contribution is 2.29. The lowest BCUT2D eigenvalue weighted by molar-refractivity contribution is -0.384. The van der Waals surface area contributed by atoms with E-state index in [1.54, 1.807) is 12.1 Å². The zero-order valence-electron chi connectivity index (χ0n) is 13.4. The molecule has 1 heterocycles. The van der Waals surface area contributed by atoms with Crippen molar-refractivity contribution in [2.24, 2.45) is 0 Å². The molecule has 1 fully saturated rings. The van der Waals surface area contributed by atoms with Crippen molar-refractivity contribution in [2.45, 2.75) is 37.8 Å². The summed E-state index contributed by atoms with van der Waals surface area (Å²) >= 11 is 5.82. The lowest BCUT2D eigenvalue weighted by atomic mass is 9.93. The molecule has 0 unspecified atom stereocenters. The van der Waals surface area contributed by atoms with Gasteiger partial charge in [0.15, 0.2) is 0 Å². The molecule has 1 aliphatic carbocycles. The topological polar surface area (TPSA) is 113 Å². The van der Waals surface area contributed by atoms with Crippen LogP contribution in [0.2, 0.25) is 5.02 Å². The largest absolute Gasteiger partial charge is 0.393 e. The summed E-state index contributed by atoms with van der Waals surface area (Å²) in [5, 5.41) is 27.0. The lowest BCUT2D eigenvalue weighted by Gasteiger charge is -2.26. The Balaban J connectivity index is 1.69. The molecule has 8 nitrogen and oxygen atoms in total. The van der Waals surface area contributed by atoms with Gasteiger partial charge in [0.05, 0.1) is 11.0 Å². The molecule has 0 radical (unpaired) electrons. The van der Waals surface area contributed by atoms with Gasteiger partial charge in [0.1, 0.15) is 23.0 Å². The van der Waals surface area contributed by atoms with Crippen molar-refractivity contribution in [1.29, 1.82) is 0 Å². The summed E-state index contributed by atoms with van der Waals surface area (Å²) in [7, 11) is 0. The van der Waals surface area contributed by atoms with Crippen molar-refractivity contribution in [2.75, 3.05) is 10.6 Å². The van der Waals surface area contributed by atoms with E-state index in [1.807, 2.05) is 0 Å². The van der Waals surface area contributed by atoms with Crippen molar-refractivity contribution in [3.8, 4) is 0 Å². The Bertz CT molecular complexity index is 765. The average molecular weight is 364 g/mol. The highest BCUT2D eigenvalue weighted by atomic mass is 35.5. The third kappa shape index (κ3) is 4.55. The van der Waals surface area contributed by atoms with Gasteiger partial charge in [-0.3, -0.25) is 10.1 Å². The van der Waals surface area contributed by atoms with Crippen LogP contribution in [0.15, 0.2) is 30.6 Å². The molecule has 1 aromatic carbocycles. The van der Waals surface area contributed by atoms with E-state index in [-0.39, 0.29) is 22.9 Å². The Morgan fingerprint density at radius 1 is 1.16 bits per heavy atom. The van der Waals surface area contributed by atoms with E-state index in [2.05, 4.69) is 20.6 Å². The summed E-state index contributed by atoms with van der Waals surface area (Å²) in [6.45, 7) is 0. The summed E-state index contributed by atoms with van der Waals surface area (Å²) in [6, 6.07) is 6.48. The number of hydrogen-bond acceptors (Lipinski definition) is 7. The number of aromatic nitrogens is 2. The number of anilines is 3. The number of nitrogens with zero attached hydrogens (tertiary/aromatic N) is 3. The van der Waals surface area contributed by atoms with E-state index in [0.29, 0.717) is 17.3 Å². The van der Waals surface area contributed by atoms with Gasteiger partial charge < -0.3 is 15.7 Å².